The summed E-state index contributed by atoms with van der Waals surface area (Å²) in [5.41, 5.74) is 3.16. The predicted octanol–water partition coefficient (Wildman–Crippen LogP) is 2.40. The quantitative estimate of drug-likeness (QED) is 0.792. The summed E-state index contributed by atoms with van der Waals surface area (Å²) in [5, 5.41) is 0. The van der Waals surface area contributed by atoms with E-state index in [0.29, 0.717) is 18.3 Å². The second kappa shape index (κ2) is 4.88. The molecule has 1 aromatic carbocycles. The van der Waals surface area contributed by atoms with Crippen LogP contribution >= 0.6 is 0 Å². The van der Waals surface area contributed by atoms with Crippen molar-refractivity contribution >= 4 is 5.97 Å². The summed E-state index contributed by atoms with van der Waals surface area (Å²) in [6.45, 7) is 2.17. The van der Waals surface area contributed by atoms with Gasteiger partial charge in [-0.1, -0.05) is 24.3 Å². The van der Waals surface area contributed by atoms with Gasteiger partial charge in [0, 0.05) is 12.2 Å². The first kappa shape index (κ1) is 12.0. The van der Waals surface area contributed by atoms with Crippen molar-refractivity contribution in [3.05, 3.63) is 53.6 Å². The molecule has 1 aliphatic rings. The maximum atomic E-state index is 11.6. The Kier molecular flexibility index (Phi) is 3.07. The average molecular weight is 256 g/mol. The van der Waals surface area contributed by atoms with Gasteiger partial charge in [-0.05, 0) is 30.9 Å². The first-order chi connectivity index (χ1) is 9.28. The summed E-state index contributed by atoms with van der Waals surface area (Å²) in [6, 6.07) is 8.82. The van der Waals surface area contributed by atoms with Crippen LogP contribution in [0.1, 0.15) is 34.6 Å². The third-order valence-electron chi connectivity index (χ3n) is 3.54. The van der Waals surface area contributed by atoms with E-state index in [2.05, 4.69) is 29.2 Å². The highest BCUT2D eigenvalue weighted by molar-refractivity contribution is 5.86. The molecule has 1 aromatic heterocycles. The molecule has 0 fully saturated rings. The number of nitrogens with zero attached hydrogens (tertiary/aromatic N) is 2. The van der Waals surface area contributed by atoms with Gasteiger partial charge in [0.25, 0.3) is 0 Å². The van der Waals surface area contributed by atoms with Crippen molar-refractivity contribution < 1.29 is 9.53 Å². The monoisotopic (exact) mass is 256 g/mol. The molecule has 0 unspecified atom stereocenters. The standard InChI is InChI=1S/C15H16N2O2/c1-2-19-15(18)14-9-17(10-16-14)13-7-11-5-3-4-6-12(11)8-13/h3-6,9-10,13H,2,7-8H2,1H3. The van der Waals surface area contributed by atoms with Crippen LogP contribution in [0.3, 0.4) is 0 Å². The van der Waals surface area contributed by atoms with Crippen molar-refractivity contribution in [2.75, 3.05) is 6.61 Å². The number of esters is 1. The number of imidazole rings is 1. The summed E-state index contributed by atoms with van der Waals surface area (Å²) in [4.78, 5) is 15.7. The fourth-order valence-corrected chi connectivity index (χ4v) is 2.59. The first-order valence-corrected chi connectivity index (χ1v) is 6.55. The van der Waals surface area contributed by atoms with E-state index in [9.17, 15) is 4.79 Å². The van der Waals surface area contributed by atoms with Crippen LogP contribution in [0.5, 0.6) is 0 Å². The van der Waals surface area contributed by atoms with Gasteiger partial charge in [-0.2, -0.15) is 0 Å². The van der Waals surface area contributed by atoms with Gasteiger partial charge in [-0.15, -0.1) is 0 Å². The molecule has 0 spiro atoms. The molecule has 3 rings (SSSR count). The number of hydrogen-bond donors (Lipinski definition) is 0. The van der Waals surface area contributed by atoms with Gasteiger partial charge in [0.2, 0.25) is 0 Å². The second-order valence-electron chi connectivity index (χ2n) is 4.76. The molecular weight excluding hydrogens is 240 g/mol. The molecule has 0 saturated heterocycles. The number of ether oxygens (including phenoxy) is 1. The molecule has 1 heterocycles. The normalized spacial score (nSPS) is 14.4. The number of rotatable bonds is 3. The molecule has 19 heavy (non-hydrogen) atoms. The van der Waals surface area contributed by atoms with Crippen LogP contribution < -0.4 is 0 Å². The summed E-state index contributed by atoms with van der Waals surface area (Å²) in [5.74, 6) is -0.350. The number of fused-ring (bicyclic) bond motifs is 1. The zero-order valence-corrected chi connectivity index (χ0v) is 10.9. The summed E-state index contributed by atoms with van der Waals surface area (Å²) >= 11 is 0. The number of carbonyl (C=O) groups excluding carboxylic acids is 1. The number of hydrogen-bond acceptors (Lipinski definition) is 3. The Bertz CT molecular complexity index is 579. The minimum absolute atomic E-state index is 0.350. The van der Waals surface area contributed by atoms with Crippen LogP contribution in [0.4, 0.5) is 0 Å². The van der Waals surface area contributed by atoms with E-state index in [-0.39, 0.29) is 5.97 Å². The molecule has 98 valence electrons. The molecule has 0 aliphatic heterocycles. The maximum Gasteiger partial charge on any atom is 0.358 e. The zero-order valence-electron chi connectivity index (χ0n) is 10.9. The van der Waals surface area contributed by atoms with E-state index in [1.165, 1.54) is 11.1 Å². The SMILES string of the molecule is CCOC(=O)c1cn(C2Cc3ccccc3C2)cn1. The zero-order chi connectivity index (χ0) is 13.2. The lowest BCUT2D eigenvalue weighted by Crippen LogP contribution is -2.08. The van der Waals surface area contributed by atoms with E-state index in [0.717, 1.165) is 12.8 Å². The van der Waals surface area contributed by atoms with Gasteiger partial charge in [0.05, 0.1) is 12.9 Å². The molecule has 4 heteroatoms. The van der Waals surface area contributed by atoms with E-state index < -0.39 is 0 Å². The number of carbonyl (C=O) groups is 1. The van der Waals surface area contributed by atoms with Crippen molar-refractivity contribution in [3.63, 3.8) is 0 Å². The topological polar surface area (TPSA) is 44.1 Å². The van der Waals surface area contributed by atoms with Gasteiger partial charge in [-0.3, -0.25) is 0 Å². The van der Waals surface area contributed by atoms with Crippen LogP contribution in [0, 0.1) is 0 Å². The molecule has 2 aromatic rings. The van der Waals surface area contributed by atoms with E-state index in [4.69, 9.17) is 4.74 Å². The Labute approximate surface area is 112 Å². The number of benzene rings is 1. The summed E-state index contributed by atoms with van der Waals surface area (Å²) < 4.78 is 6.97. The Morgan fingerprint density at radius 2 is 2.05 bits per heavy atom. The van der Waals surface area contributed by atoms with E-state index in [1.54, 1.807) is 19.4 Å². The van der Waals surface area contributed by atoms with Crippen molar-refractivity contribution in [1.29, 1.82) is 0 Å². The highest BCUT2D eigenvalue weighted by atomic mass is 16.5. The van der Waals surface area contributed by atoms with Crippen LogP contribution in [0.25, 0.3) is 0 Å². The van der Waals surface area contributed by atoms with Gasteiger partial charge in [0.1, 0.15) is 0 Å². The minimum Gasteiger partial charge on any atom is -0.461 e. The summed E-state index contributed by atoms with van der Waals surface area (Å²) in [6.07, 6.45) is 5.50. The third-order valence-corrected chi connectivity index (χ3v) is 3.54. The largest absolute Gasteiger partial charge is 0.461 e. The van der Waals surface area contributed by atoms with Gasteiger partial charge in [0.15, 0.2) is 5.69 Å². The van der Waals surface area contributed by atoms with Crippen LogP contribution in [0.2, 0.25) is 0 Å². The molecule has 0 N–H and O–H groups in total. The summed E-state index contributed by atoms with van der Waals surface area (Å²) in [7, 11) is 0. The van der Waals surface area contributed by atoms with Gasteiger partial charge in [-0.25, -0.2) is 9.78 Å². The molecule has 4 nitrogen and oxygen atoms in total. The Morgan fingerprint density at radius 1 is 1.37 bits per heavy atom. The van der Waals surface area contributed by atoms with Gasteiger partial charge < -0.3 is 9.30 Å². The van der Waals surface area contributed by atoms with Crippen LogP contribution in [0.15, 0.2) is 36.8 Å². The fraction of sp³-hybridized carbons (Fsp3) is 0.333. The van der Waals surface area contributed by atoms with Crippen LogP contribution in [-0.4, -0.2) is 22.1 Å². The van der Waals surface area contributed by atoms with E-state index >= 15 is 0 Å². The lowest BCUT2D eigenvalue weighted by atomic mass is 10.1. The fourth-order valence-electron chi connectivity index (χ4n) is 2.59. The van der Waals surface area contributed by atoms with Crippen molar-refractivity contribution in [2.45, 2.75) is 25.8 Å². The smallest absolute Gasteiger partial charge is 0.358 e. The molecule has 0 amide bonds. The lowest BCUT2D eigenvalue weighted by molar-refractivity contribution is 0.0520. The Hall–Kier alpha value is -2.10. The highest BCUT2D eigenvalue weighted by Gasteiger charge is 2.23. The first-order valence-electron chi connectivity index (χ1n) is 6.55. The Morgan fingerprint density at radius 3 is 2.68 bits per heavy atom. The highest BCUT2D eigenvalue weighted by Crippen LogP contribution is 2.29. The predicted molar refractivity (Wildman–Crippen MR) is 71.1 cm³/mol. The maximum absolute atomic E-state index is 11.6. The van der Waals surface area contributed by atoms with Crippen molar-refractivity contribution in [1.82, 2.24) is 9.55 Å². The van der Waals surface area contributed by atoms with Crippen LogP contribution in [-0.2, 0) is 17.6 Å². The minimum atomic E-state index is -0.350. The molecular formula is C15H16N2O2. The molecule has 0 saturated carbocycles. The average Bonchev–Trinajstić information content (AvgIpc) is 3.05. The van der Waals surface area contributed by atoms with Crippen molar-refractivity contribution in [3.8, 4) is 0 Å². The third kappa shape index (κ3) is 2.26. The van der Waals surface area contributed by atoms with E-state index in [1.807, 2.05) is 4.57 Å². The number of aromatic nitrogens is 2. The van der Waals surface area contributed by atoms with Crippen molar-refractivity contribution in [2.24, 2.45) is 0 Å². The molecule has 0 atom stereocenters. The Balaban J connectivity index is 1.77. The lowest BCUT2D eigenvalue weighted by Gasteiger charge is -2.09. The van der Waals surface area contributed by atoms with Gasteiger partial charge >= 0.3 is 5.97 Å². The molecule has 1 aliphatic carbocycles. The molecule has 0 bridgehead atoms. The molecule has 0 radical (unpaired) electrons. The second-order valence-corrected chi connectivity index (χ2v) is 4.76.